The molecule has 0 fully saturated rings. The summed E-state index contributed by atoms with van der Waals surface area (Å²) >= 11 is 0. The van der Waals surface area contributed by atoms with Crippen LogP contribution in [0.1, 0.15) is 5.69 Å². The van der Waals surface area contributed by atoms with Gasteiger partial charge in [0.05, 0.1) is 17.7 Å². The van der Waals surface area contributed by atoms with Crippen LogP contribution in [0.5, 0.6) is 5.88 Å². The molecule has 0 bridgehead atoms. The molecule has 1 N–H and O–H groups in total. The van der Waals surface area contributed by atoms with Crippen molar-refractivity contribution in [3.05, 3.63) is 36.0 Å². The molecule has 21 heavy (non-hydrogen) atoms. The van der Waals surface area contributed by atoms with Crippen LogP contribution in [-0.4, -0.2) is 38.3 Å². The van der Waals surface area contributed by atoms with Gasteiger partial charge < -0.3 is 9.47 Å². The minimum Gasteiger partial charge on any atom is -0.466 e. The maximum atomic E-state index is 12.6. The minimum absolute atomic E-state index is 0.0856. The molecule has 1 heterocycles. The second-order valence-corrected chi connectivity index (χ2v) is 6.05. The molecule has 0 aliphatic carbocycles. The van der Waals surface area contributed by atoms with Gasteiger partial charge in [-0.1, -0.05) is 18.2 Å². The van der Waals surface area contributed by atoms with Crippen molar-refractivity contribution in [2.75, 3.05) is 13.7 Å². The van der Waals surface area contributed by atoms with E-state index in [1.807, 2.05) is 0 Å². The number of carbonyl (C=O) groups excluding carboxylic acids is 1. The lowest BCUT2D eigenvalue weighted by Gasteiger charge is -2.07. The highest BCUT2D eigenvalue weighted by Gasteiger charge is 2.28. The molecule has 0 unspecified atom stereocenters. The number of hydrogen-bond acceptors (Lipinski definition) is 6. The molecule has 1 aromatic heterocycles. The van der Waals surface area contributed by atoms with Gasteiger partial charge in [-0.3, -0.25) is 5.10 Å². The van der Waals surface area contributed by atoms with Crippen LogP contribution in [0.4, 0.5) is 0 Å². The highest BCUT2D eigenvalue weighted by Crippen LogP contribution is 2.30. The van der Waals surface area contributed by atoms with Crippen molar-refractivity contribution >= 4 is 15.8 Å². The number of benzene rings is 1. The zero-order valence-corrected chi connectivity index (χ0v) is 12.3. The Labute approximate surface area is 121 Å². The number of hydrogen-bond donors (Lipinski definition) is 1. The first-order valence-electron chi connectivity index (χ1n) is 6.01. The van der Waals surface area contributed by atoms with Crippen molar-refractivity contribution < 1.29 is 22.7 Å². The average Bonchev–Trinajstić information content (AvgIpc) is 2.87. The van der Waals surface area contributed by atoms with Gasteiger partial charge in [0, 0.05) is 0 Å². The SMILES string of the molecule is COC(=O)COc1n[nH]c(C)c1S(=O)(=O)c1ccccc1. The molecular formula is C13H14N2O5S. The summed E-state index contributed by atoms with van der Waals surface area (Å²) in [5.74, 6) is -0.777. The number of rotatable bonds is 5. The standard InChI is InChI=1S/C13H14N2O5S/c1-9-12(13(15-14-9)20-8-11(16)19-2)21(17,18)10-6-4-3-5-7-10/h3-7H,8H2,1-2H3,(H,14,15). The number of ether oxygens (including phenoxy) is 2. The minimum atomic E-state index is -3.78. The predicted molar refractivity (Wildman–Crippen MR) is 72.7 cm³/mol. The molecule has 0 aliphatic rings. The van der Waals surface area contributed by atoms with Crippen molar-refractivity contribution in [1.29, 1.82) is 0 Å². The maximum absolute atomic E-state index is 12.6. The number of esters is 1. The number of sulfone groups is 1. The summed E-state index contributed by atoms with van der Waals surface area (Å²) in [5.41, 5.74) is 0.332. The van der Waals surface area contributed by atoms with E-state index < -0.39 is 22.4 Å². The van der Waals surface area contributed by atoms with E-state index in [0.717, 1.165) is 0 Å². The largest absolute Gasteiger partial charge is 0.466 e. The smallest absolute Gasteiger partial charge is 0.343 e. The van der Waals surface area contributed by atoms with Gasteiger partial charge in [-0.05, 0) is 19.1 Å². The first-order valence-corrected chi connectivity index (χ1v) is 7.50. The third kappa shape index (κ3) is 3.05. The van der Waals surface area contributed by atoms with Gasteiger partial charge in [0.2, 0.25) is 9.84 Å². The summed E-state index contributed by atoms with van der Waals surface area (Å²) in [5, 5.41) is 6.33. The first kappa shape index (κ1) is 15.0. The predicted octanol–water partition coefficient (Wildman–Crippen LogP) is 1.10. The zero-order valence-electron chi connectivity index (χ0n) is 11.5. The summed E-state index contributed by atoms with van der Waals surface area (Å²) in [7, 11) is -2.57. The third-order valence-corrected chi connectivity index (χ3v) is 4.65. The lowest BCUT2D eigenvalue weighted by Crippen LogP contribution is -2.14. The summed E-state index contributed by atoms with van der Waals surface area (Å²) in [6.07, 6.45) is 0. The van der Waals surface area contributed by atoms with Crippen molar-refractivity contribution in [1.82, 2.24) is 10.2 Å². The number of carbonyl (C=O) groups is 1. The molecule has 0 aliphatic heterocycles. The van der Waals surface area contributed by atoms with Crippen LogP contribution >= 0.6 is 0 Å². The van der Waals surface area contributed by atoms with Crippen molar-refractivity contribution in [3.63, 3.8) is 0 Å². The summed E-state index contributed by atoms with van der Waals surface area (Å²) in [4.78, 5) is 11.1. The molecule has 2 rings (SSSR count). The summed E-state index contributed by atoms with van der Waals surface area (Å²) in [6, 6.07) is 7.92. The number of aromatic amines is 1. The Balaban J connectivity index is 2.40. The topological polar surface area (TPSA) is 98.3 Å². The highest BCUT2D eigenvalue weighted by atomic mass is 32.2. The molecule has 0 atom stereocenters. The number of aryl methyl sites for hydroxylation is 1. The van der Waals surface area contributed by atoms with E-state index in [9.17, 15) is 13.2 Å². The van der Waals surface area contributed by atoms with Crippen LogP contribution in [0.3, 0.4) is 0 Å². The van der Waals surface area contributed by atoms with E-state index in [1.165, 1.54) is 19.2 Å². The van der Waals surface area contributed by atoms with Gasteiger partial charge in [0.25, 0.3) is 5.88 Å². The van der Waals surface area contributed by atoms with Crippen LogP contribution in [0.15, 0.2) is 40.1 Å². The molecule has 0 saturated carbocycles. The molecule has 8 heteroatoms. The van der Waals surface area contributed by atoms with Crippen LogP contribution in [-0.2, 0) is 19.4 Å². The summed E-state index contributed by atoms with van der Waals surface area (Å²) in [6.45, 7) is 1.14. The van der Waals surface area contributed by atoms with E-state index >= 15 is 0 Å². The van der Waals surface area contributed by atoms with Crippen LogP contribution in [0.2, 0.25) is 0 Å². The van der Waals surface area contributed by atoms with E-state index in [-0.39, 0.29) is 15.7 Å². The normalized spacial score (nSPS) is 11.1. The molecule has 112 valence electrons. The Hall–Kier alpha value is -2.35. The van der Waals surface area contributed by atoms with E-state index in [1.54, 1.807) is 25.1 Å². The monoisotopic (exact) mass is 310 g/mol. The number of aromatic nitrogens is 2. The van der Waals surface area contributed by atoms with Crippen molar-refractivity contribution in [3.8, 4) is 5.88 Å². The fraction of sp³-hybridized carbons (Fsp3) is 0.231. The summed E-state index contributed by atoms with van der Waals surface area (Å²) < 4.78 is 34.7. The van der Waals surface area contributed by atoms with E-state index in [2.05, 4.69) is 14.9 Å². The number of H-pyrrole nitrogens is 1. The van der Waals surface area contributed by atoms with Crippen LogP contribution < -0.4 is 4.74 Å². The van der Waals surface area contributed by atoms with Gasteiger partial charge in [0.15, 0.2) is 11.5 Å². The lowest BCUT2D eigenvalue weighted by molar-refractivity contribution is -0.143. The second-order valence-electron chi connectivity index (χ2n) is 4.16. The Morgan fingerprint density at radius 2 is 1.95 bits per heavy atom. The van der Waals surface area contributed by atoms with Gasteiger partial charge in [-0.15, -0.1) is 5.10 Å². The molecule has 0 spiro atoms. The lowest BCUT2D eigenvalue weighted by atomic mass is 10.4. The third-order valence-electron chi connectivity index (χ3n) is 2.74. The van der Waals surface area contributed by atoms with Crippen molar-refractivity contribution in [2.45, 2.75) is 16.7 Å². The fourth-order valence-electron chi connectivity index (χ4n) is 1.71. The first-order chi connectivity index (χ1) is 9.96. The number of methoxy groups -OCH3 is 1. The zero-order chi connectivity index (χ0) is 15.5. The van der Waals surface area contributed by atoms with Gasteiger partial charge in [0.1, 0.15) is 0 Å². The Kier molecular flexibility index (Phi) is 4.27. The Bertz CT molecular complexity index is 737. The Morgan fingerprint density at radius 1 is 1.29 bits per heavy atom. The van der Waals surface area contributed by atoms with Crippen LogP contribution in [0.25, 0.3) is 0 Å². The van der Waals surface area contributed by atoms with Gasteiger partial charge in [-0.25, -0.2) is 13.2 Å². The molecule has 0 amide bonds. The molecule has 7 nitrogen and oxygen atoms in total. The quantitative estimate of drug-likeness (QED) is 0.830. The molecular weight excluding hydrogens is 296 g/mol. The van der Waals surface area contributed by atoms with Crippen LogP contribution in [0, 0.1) is 6.92 Å². The highest BCUT2D eigenvalue weighted by molar-refractivity contribution is 7.91. The average molecular weight is 310 g/mol. The maximum Gasteiger partial charge on any atom is 0.343 e. The number of nitrogens with zero attached hydrogens (tertiary/aromatic N) is 1. The van der Waals surface area contributed by atoms with Gasteiger partial charge in [-0.2, -0.15) is 0 Å². The second kappa shape index (κ2) is 5.96. The molecule has 1 aromatic carbocycles. The van der Waals surface area contributed by atoms with E-state index in [0.29, 0.717) is 5.69 Å². The molecule has 2 aromatic rings. The Morgan fingerprint density at radius 3 is 2.57 bits per heavy atom. The van der Waals surface area contributed by atoms with Gasteiger partial charge >= 0.3 is 5.97 Å². The van der Waals surface area contributed by atoms with Crippen molar-refractivity contribution in [2.24, 2.45) is 0 Å². The van der Waals surface area contributed by atoms with E-state index in [4.69, 9.17) is 4.74 Å². The molecule has 0 radical (unpaired) electrons. The molecule has 0 saturated heterocycles. The number of nitrogens with one attached hydrogen (secondary N) is 1. The fourth-order valence-corrected chi connectivity index (χ4v) is 3.25.